The van der Waals surface area contributed by atoms with Gasteiger partial charge in [-0.3, -0.25) is 4.79 Å². The van der Waals surface area contributed by atoms with Gasteiger partial charge in [0.15, 0.2) is 12.7 Å². The number of nitrogens with zero attached hydrogens (tertiary/aromatic N) is 1. The Balaban J connectivity index is 2.33. The highest BCUT2D eigenvalue weighted by Gasteiger charge is 2.23. The Kier molecular flexibility index (Phi) is 8.55. The Hall–Kier alpha value is -1.14. The van der Waals surface area contributed by atoms with Crippen molar-refractivity contribution in [3.05, 3.63) is 0 Å². The quantitative estimate of drug-likeness (QED) is 0.605. The molecule has 0 aromatic heterocycles. The summed E-state index contributed by atoms with van der Waals surface area (Å²) in [5.74, 6) is -0.316. The molecule has 1 heterocycles. The summed E-state index contributed by atoms with van der Waals surface area (Å²) < 4.78 is 16.0. The van der Waals surface area contributed by atoms with Gasteiger partial charge < -0.3 is 19.1 Å². The summed E-state index contributed by atoms with van der Waals surface area (Å²) in [6.45, 7) is 11.2. The monoisotopic (exact) mass is 329 g/mol. The summed E-state index contributed by atoms with van der Waals surface area (Å²) in [4.78, 5) is 25.8. The smallest absolute Gasteiger partial charge is 0.335 e. The molecule has 0 aromatic carbocycles. The van der Waals surface area contributed by atoms with Crippen molar-refractivity contribution in [2.24, 2.45) is 5.92 Å². The van der Waals surface area contributed by atoms with Crippen LogP contribution in [0, 0.1) is 5.92 Å². The van der Waals surface area contributed by atoms with E-state index < -0.39 is 12.1 Å². The lowest BCUT2D eigenvalue weighted by Crippen LogP contribution is -2.42. The molecule has 1 saturated heterocycles. The summed E-state index contributed by atoms with van der Waals surface area (Å²) in [5.41, 5.74) is 0. The summed E-state index contributed by atoms with van der Waals surface area (Å²) >= 11 is 0. The summed E-state index contributed by atoms with van der Waals surface area (Å²) in [5, 5.41) is 0. The van der Waals surface area contributed by atoms with E-state index in [2.05, 4.69) is 13.8 Å². The molecule has 6 heteroatoms. The average molecular weight is 329 g/mol. The van der Waals surface area contributed by atoms with Gasteiger partial charge in [0.1, 0.15) is 0 Å². The van der Waals surface area contributed by atoms with E-state index in [0.29, 0.717) is 19.1 Å². The fourth-order valence-corrected chi connectivity index (χ4v) is 2.42. The highest BCUT2D eigenvalue weighted by molar-refractivity contribution is 5.82. The van der Waals surface area contributed by atoms with Crippen molar-refractivity contribution in [1.82, 2.24) is 4.90 Å². The number of esters is 1. The molecule has 0 radical (unpaired) electrons. The lowest BCUT2D eigenvalue weighted by Gasteiger charge is -2.28. The molecule has 2 atom stereocenters. The standard InChI is InChI=1S/C17H31NO5/c1-12(2)9-18(13(3)4)16(19)11-23-17(20)14(5)22-10-15-7-6-8-21-15/h12-15H,6-11H2,1-5H3. The number of carbonyl (C=O) groups is 2. The van der Waals surface area contributed by atoms with E-state index in [4.69, 9.17) is 14.2 Å². The maximum Gasteiger partial charge on any atom is 0.335 e. The normalized spacial score (nSPS) is 19.2. The predicted octanol–water partition coefficient (Wildman–Crippen LogP) is 2.01. The van der Waals surface area contributed by atoms with E-state index in [9.17, 15) is 9.59 Å². The lowest BCUT2D eigenvalue weighted by molar-refractivity contribution is -0.163. The first-order valence-corrected chi connectivity index (χ1v) is 8.50. The summed E-state index contributed by atoms with van der Waals surface area (Å²) in [6, 6.07) is 0.0804. The third kappa shape index (κ3) is 7.31. The molecule has 6 nitrogen and oxygen atoms in total. The third-order valence-electron chi connectivity index (χ3n) is 3.73. The second-order valence-corrected chi connectivity index (χ2v) is 6.75. The topological polar surface area (TPSA) is 65.1 Å². The van der Waals surface area contributed by atoms with Crippen LogP contribution in [0.3, 0.4) is 0 Å². The Morgan fingerprint density at radius 2 is 1.91 bits per heavy atom. The van der Waals surface area contributed by atoms with Crippen molar-refractivity contribution in [2.75, 3.05) is 26.4 Å². The van der Waals surface area contributed by atoms with Gasteiger partial charge in [0, 0.05) is 19.2 Å². The number of hydrogen-bond acceptors (Lipinski definition) is 5. The minimum absolute atomic E-state index is 0.0642. The zero-order valence-electron chi connectivity index (χ0n) is 15.0. The van der Waals surface area contributed by atoms with Crippen LogP contribution in [0.15, 0.2) is 0 Å². The molecule has 0 aliphatic carbocycles. The van der Waals surface area contributed by atoms with E-state index in [1.807, 2.05) is 13.8 Å². The Morgan fingerprint density at radius 1 is 1.22 bits per heavy atom. The molecule has 1 aliphatic heterocycles. The molecule has 0 saturated carbocycles. The molecule has 134 valence electrons. The molecular formula is C17H31NO5. The van der Waals surface area contributed by atoms with Gasteiger partial charge in [0.05, 0.1) is 12.7 Å². The van der Waals surface area contributed by atoms with E-state index >= 15 is 0 Å². The zero-order chi connectivity index (χ0) is 17.4. The average Bonchev–Trinajstić information content (AvgIpc) is 3.00. The summed E-state index contributed by atoms with van der Waals surface area (Å²) in [7, 11) is 0. The molecular weight excluding hydrogens is 298 g/mol. The van der Waals surface area contributed by atoms with E-state index in [1.54, 1.807) is 11.8 Å². The predicted molar refractivity (Wildman–Crippen MR) is 87.0 cm³/mol. The van der Waals surface area contributed by atoms with Crippen molar-refractivity contribution in [3.63, 3.8) is 0 Å². The molecule has 0 spiro atoms. The lowest BCUT2D eigenvalue weighted by atomic mass is 10.2. The number of carbonyl (C=O) groups excluding carboxylic acids is 2. The first kappa shape index (κ1) is 19.9. The van der Waals surface area contributed by atoms with Gasteiger partial charge in [-0.25, -0.2) is 4.79 Å². The van der Waals surface area contributed by atoms with Crippen LogP contribution in [-0.2, 0) is 23.8 Å². The second kappa shape index (κ2) is 9.88. The van der Waals surface area contributed by atoms with Crippen LogP contribution >= 0.6 is 0 Å². The third-order valence-corrected chi connectivity index (χ3v) is 3.73. The minimum Gasteiger partial charge on any atom is -0.454 e. The van der Waals surface area contributed by atoms with Gasteiger partial charge in [-0.2, -0.15) is 0 Å². The van der Waals surface area contributed by atoms with Gasteiger partial charge in [-0.15, -0.1) is 0 Å². The first-order chi connectivity index (χ1) is 10.8. The largest absolute Gasteiger partial charge is 0.454 e. The van der Waals surface area contributed by atoms with Crippen molar-refractivity contribution >= 4 is 11.9 Å². The summed E-state index contributed by atoms with van der Waals surface area (Å²) in [6.07, 6.45) is 1.36. The molecule has 1 aliphatic rings. The van der Waals surface area contributed by atoms with Crippen molar-refractivity contribution < 1.29 is 23.8 Å². The highest BCUT2D eigenvalue weighted by atomic mass is 16.6. The second-order valence-electron chi connectivity index (χ2n) is 6.75. The molecule has 0 N–H and O–H groups in total. The van der Waals surface area contributed by atoms with E-state index in [0.717, 1.165) is 19.4 Å². The van der Waals surface area contributed by atoms with Crippen LogP contribution in [0.25, 0.3) is 0 Å². The van der Waals surface area contributed by atoms with Gasteiger partial charge in [0.25, 0.3) is 5.91 Å². The van der Waals surface area contributed by atoms with Gasteiger partial charge in [0.2, 0.25) is 0 Å². The maximum atomic E-state index is 12.2. The molecule has 2 unspecified atom stereocenters. The van der Waals surface area contributed by atoms with Crippen LogP contribution < -0.4 is 0 Å². The Labute approximate surface area is 139 Å². The fourth-order valence-electron chi connectivity index (χ4n) is 2.42. The molecule has 23 heavy (non-hydrogen) atoms. The molecule has 1 amide bonds. The number of ether oxygens (including phenoxy) is 3. The maximum absolute atomic E-state index is 12.2. The highest BCUT2D eigenvalue weighted by Crippen LogP contribution is 2.13. The van der Waals surface area contributed by atoms with Crippen molar-refractivity contribution in [3.8, 4) is 0 Å². The van der Waals surface area contributed by atoms with Crippen LogP contribution in [-0.4, -0.2) is 61.4 Å². The van der Waals surface area contributed by atoms with Crippen LogP contribution in [0.5, 0.6) is 0 Å². The molecule has 1 rings (SSSR count). The number of rotatable bonds is 9. The molecule has 0 aromatic rings. The van der Waals surface area contributed by atoms with Crippen molar-refractivity contribution in [1.29, 1.82) is 0 Å². The van der Waals surface area contributed by atoms with Gasteiger partial charge >= 0.3 is 5.97 Å². The molecule has 1 fully saturated rings. The van der Waals surface area contributed by atoms with Crippen LogP contribution in [0.1, 0.15) is 47.5 Å². The van der Waals surface area contributed by atoms with Crippen LogP contribution in [0.4, 0.5) is 0 Å². The van der Waals surface area contributed by atoms with Crippen molar-refractivity contribution in [2.45, 2.75) is 65.7 Å². The fraction of sp³-hybridized carbons (Fsp3) is 0.882. The minimum atomic E-state index is -0.690. The number of amides is 1. The molecule has 0 bridgehead atoms. The Bertz CT molecular complexity index is 377. The van der Waals surface area contributed by atoms with E-state index in [1.165, 1.54) is 0 Å². The SMILES string of the molecule is CC(C)CN(C(=O)COC(=O)C(C)OCC1CCCO1)C(C)C. The zero-order valence-corrected chi connectivity index (χ0v) is 15.0. The Morgan fingerprint density at radius 3 is 2.43 bits per heavy atom. The number of hydrogen-bond donors (Lipinski definition) is 0. The van der Waals surface area contributed by atoms with E-state index in [-0.39, 0.29) is 24.7 Å². The van der Waals surface area contributed by atoms with Gasteiger partial charge in [-0.1, -0.05) is 13.8 Å². The van der Waals surface area contributed by atoms with Crippen LogP contribution in [0.2, 0.25) is 0 Å². The first-order valence-electron chi connectivity index (χ1n) is 8.50. The van der Waals surface area contributed by atoms with Gasteiger partial charge in [-0.05, 0) is 39.5 Å².